The van der Waals surface area contributed by atoms with Gasteiger partial charge in [0.25, 0.3) is 5.24 Å². The first-order valence-electron chi connectivity index (χ1n) is 7.85. The summed E-state index contributed by atoms with van der Waals surface area (Å²) in [6.45, 7) is 1.99. The third kappa shape index (κ3) is 4.37. The van der Waals surface area contributed by atoms with Crippen LogP contribution in [-0.2, 0) is 11.2 Å². The SMILES string of the molecule is Cc1cccnc1C(O)COc1ccc(CC2SC(=O)NC2=O)cc1. The van der Waals surface area contributed by atoms with Crippen LogP contribution in [0.3, 0.4) is 0 Å². The predicted molar refractivity (Wildman–Crippen MR) is 94.5 cm³/mol. The van der Waals surface area contributed by atoms with Crippen molar-refractivity contribution >= 4 is 22.9 Å². The monoisotopic (exact) mass is 358 g/mol. The average molecular weight is 358 g/mol. The zero-order valence-corrected chi connectivity index (χ0v) is 14.5. The van der Waals surface area contributed by atoms with Crippen molar-refractivity contribution in [2.45, 2.75) is 24.7 Å². The van der Waals surface area contributed by atoms with Crippen LogP contribution in [0, 0.1) is 6.92 Å². The zero-order valence-electron chi connectivity index (χ0n) is 13.6. The second kappa shape index (κ2) is 7.67. The lowest BCUT2D eigenvalue weighted by atomic mass is 10.1. The molecule has 1 aromatic carbocycles. The van der Waals surface area contributed by atoms with Crippen molar-refractivity contribution in [1.82, 2.24) is 10.3 Å². The number of aliphatic hydroxyl groups excluding tert-OH is 1. The van der Waals surface area contributed by atoms with E-state index in [0.29, 0.717) is 17.9 Å². The van der Waals surface area contributed by atoms with Crippen LogP contribution in [0.15, 0.2) is 42.6 Å². The molecule has 3 rings (SSSR count). The molecule has 1 fully saturated rings. The maximum atomic E-state index is 11.6. The van der Waals surface area contributed by atoms with Crippen LogP contribution in [0.1, 0.15) is 22.9 Å². The van der Waals surface area contributed by atoms with E-state index in [1.807, 2.05) is 31.2 Å². The molecule has 2 unspecified atom stereocenters. The van der Waals surface area contributed by atoms with Crippen molar-refractivity contribution in [3.05, 3.63) is 59.4 Å². The predicted octanol–water partition coefficient (Wildman–Crippen LogP) is 2.40. The lowest BCUT2D eigenvalue weighted by Gasteiger charge is -2.14. The van der Waals surface area contributed by atoms with E-state index < -0.39 is 6.10 Å². The Kier molecular flexibility index (Phi) is 5.35. The minimum atomic E-state index is -0.800. The van der Waals surface area contributed by atoms with E-state index in [1.54, 1.807) is 18.3 Å². The van der Waals surface area contributed by atoms with Crippen molar-refractivity contribution in [1.29, 1.82) is 0 Å². The van der Waals surface area contributed by atoms with Crippen LogP contribution in [0.25, 0.3) is 0 Å². The molecule has 2 N–H and O–H groups in total. The number of carbonyl (C=O) groups is 2. The van der Waals surface area contributed by atoms with E-state index in [9.17, 15) is 14.7 Å². The molecule has 25 heavy (non-hydrogen) atoms. The molecule has 2 aromatic rings. The minimum absolute atomic E-state index is 0.104. The molecule has 2 amide bonds. The molecule has 2 atom stereocenters. The second-order valence-corrected chi connectivity index (χ2v) is 6.94. The van der Waals surface area contributed by atoms with Gasteiger partial charge in [-0.05, 0) is 42.7 Å². The van der Waals surface area contributed by atoms with Gasteiger partial charge in [0.1, 0.15) is 18.5 Å². The highest BCUT2D eigenvalue weighted by atomic mass is 32.2. The molecular formula is C18H18N2O4S. The van der Waals surface area contributed by atoms with Crippen molar-refractivity contribution in [2.75, 3.05) is 6.61 Å². The molecule has 7 heteroatoms. The van der Waals surface area contributed by atoms with E-state index >= 15 is 0 Å². The van der Waals surface area contributed by atoms with Gasteiger partial charge in [-0.3, -0.25) is 19.9 Å². The molecule has 1 aromatic heterocycles. The van der Waals surface area contributed by atoms with Gasteiger partial charge in [0.2, 0.25) is 5.91 Å². The molecule has 0 spiro atoms. The molecule has 130 valence electrons. The van der Waals surface area contributed by atoms with Gasteiger partial charge in [-0.15, -0.1) is 0 Å². The average Bonchev–Trinajstić information content (AvgIpc) is 2.91. The number of pyridine rings is 1. The maximum Gasteiger partial charge on any atom is 0.286 e. The van der Waals surface area contributed by atoms with E-state index in [1.165, 1.54) is 0 Å². The molecule has 1 saturated heterocycles. The minimum Gasteiger partial charge on any atom is -0.490 e. The molecule has 6 nitrogen and oxygen atoms in total. The van der Waals surface area contributed by atoms with Gasteiger partial charge >= 0.3 is 0 Å². The molecule has 1 aliphatic rings. The summed E-state index contributed by atoms with van der Waals surface area (Å²) in [5.74, 6) is 0.375. The summed E-state index contributed by atoms with van der Waals surface area (Å²) in [4.78, 5) is 26.9. The van der Waals surface area contributed by atoms with Gasteiger partial charge in [0.05, 0.1) is 10.9 Å². The topological polar surface area (TPSA) is 88.5 Å². The van der Waals surface area contributed by atoms with Crippen LogP contribution in [0.2, 0.25) is 0 Å². The lowest BCUT2D eigenvalue weighted by Crippen LogP contribution is -2.25. The summed E-state index contributed by atoms with van der Waals surface area (Å²) in [5, 5.41) is 11.8. The number of hydrogen-bond acceptors (Lipinski definition) is 6. The molecule has 0 radical (unpaired) electrons. The highest BCUT2D eigenvalue weighted by molar-refractivity contribution is 8.15. The number of carbonyl (C=O) groups excluding carboxylic acids is 2. The number of rotatable bonds is 6. The van der Waals surface area contributed by atoms with E-state index in [2.05, 4.69) is 10.3 Å². The number of nitrogens with zero attached hydrogens (tertiary/aromatic N) is 1. The van der Waals surface area contributed by atoms with Gasteiger partial charge < -0.3 is 9.84 Å². The van der Waals surface area contributed by atoms with Crippen molar-refractivity contribution < 1.29 is 19.4 Å². The van der Waals surface area contributed by atoms with E-state index in [0.717, 1.165) is 22.9 Å². The zero-order chi connectivity index (χ0) is 17.8. The standard InChI is InChI=1S/C18H18N2O4S/c1-11-3-2-8-19-16(11)14(21)10-24-13-6-4-12(5-7-13)9-15-17(22)20-18(23)25-15/h2-8,14-15,21H,9-10H2,1H3,(H,20,22,23). The summed E-state index contributed by atoms with van der Waals surface area (Å²) >= 11 is 1.01. The fraction of sp³-hybridized carbons (Fsp3) is 0.278. The van der Waals surface area contributed by atoms with Gasteiger partial charge in [-0.1, -0.05) is 30.0 Å². The highest BCUT2D eigenvalue weighted by Crippen LogP contribution is 2.24. The van der Waals surface area contributed by atoms with Crippen LogP contribution >= 0.6 is 11.8 Å². The third-order valence-corrected chi connectivity index (χ3v) is 4.87. The number of ether oxygens (including phenoxy) is 1. The van der Waals surface area contributed by atoms with Crippen LogP contribution in [0.5, 0.6) is 5.75 Å². The summed E-state index contributed by atoms with van der Waals surface area (Å²) in [5.41, 5.74) is 2.46. The molecular weight excluding hydrogens is 340 g/mol. The smallest absolute Gasteiger partial charge is 0.286 e. The Balaban J connectivity index is 1.55. The Morgan fingerprint density at radius 1 is 1.28 bits per heavy atom. The number of amides is 2. The van der Waals surface area contributed by atoms with Gasteiger partial charge in [0, 0.05) is 6.20 Å². The fourth-order valence-electron chi connectivity index (χ4n) is 2.56. The summed E-state index contributed by atoms with van der Waals surface area (Å²) < 4.78 is 5.61. The van der Waals surface area contributed by atoms with Crippen LogP contribution in [-0.4, -0.2) is 33.1 Å². The Hall–Kier alpha value is -2.38. The fourth-order valence-corrected chi connectivity index (χ4v) is 3.42. The largest absolute Gasteiger partial charge is 0.490 e. The van der Waals surface area contributed by atoms with Crippen molar-refractivity contribution in [3.63, 3.8) is 0 Å². The summed E-state index contributed by atoms with van der Waals surface area (Å²) in [6.07, 6.45) is 1.33. The number of nitrogens with one attached hydrogen (secondary N) is 1. The Morgan fingerprint density at radius 3 is 2.68 bits per heavy atom. The Morgan fingerprint density at radius 2 is 2.04 bits per heavy atom. The quantitative estimate of drug-likeness (QED) is 0.824. The van der Waals surface area contributed by atoms with Crippen molar-refractivity contribution in [3.8, 4) is 5.75 Å². The summed E-state index contributed by atoms with van der Waals surface area (Å²) in [6, 6.07) is 11.0. The number of thioether (sulfide) groups is 1. The van der Waals surface area contributed by atoms with Gasteiger partial charge in [-0.2, -0.15) is 0 Å². The Labute approximate surface area is 149 Å². The number of imide groups is 1. The number of benzene rings is 1. The molecule has 0 saturated carbocycles. The first-order valence-corrected chi connectivity index (χ1v) is 8.73. The highest BCUT2D eigenvalue weighted by Gasteiger charge is 2.31. The number of hydrogen-bond donors (Lipinski definition) is 2. The first-order chi connectivity index (χ1) is 12.0. The second-order valence-electron chi connectivity index (χ2n) is 5.76. The molecule has 0 bridgehead atoms. The Bertz CT molecular complexity index is 779. The molecule has 1 aliphatic heterocycles. The van der Waals surface area contributed by atoms with Crippen LogP contribution < -0.4 is 10.1 Å². The summed E-state index contributed by atoms with van der Waals surface area (Å²) in [7, 11) is 0. The third-order valence-electron chi connectivity index (χ3n) is 3.88. The van der Waals surface area contributed by atoms with Gasteiger partial charge in [0.15, 0.2) is 0 Å². The van der Waals surface area contributed by atoms with Gasteiger partial charge in [-0.25, -0.2) is 0 Å². The van der Waals surface area contributed by atoms with Crippen LogP contribution in [0.4, 0.5) is 4.79 Å². The number of aliphatic hydroxyl groups is 1. The van der Waals surface area contributed by atoms with E-state index in [4.69, 9.17) is 4.74 Å². The van der Waals surface area contributed by atoms with E-state index in [-0.39, 0.29) is 23.0 Å². The van der Waals surface area contributed by atoms with Crippen molar-refractivity contribution in [2.24, 2.45) is 0 Å². The lowest BCUT2D eigenvalue weighted by molar-refractivity contribution is -0.118. The number of aryl methyl sites for hydroxylation is 1. The maximum absolute atomic E-state index is 11.6. The normalized spacial score (nSPS) is 18.1. The number of aromatic nitrogens is 1. The first kappa shape index (κ1) is 17.4. The molecule has 2 heterocycles. The molecule has 0 aliphatic carbocycles.